The second-order valence-electron chi connectivity index (χ2n) is 12.3. The molecular weight excluding hydrogens is 420 g/mol. The zero-order valence-electron chi connectivity index (χ0n) is 22.5. The molecule has 0 spiro atoms. The van der Waals surface area contributed by atoms with Crippen LogP contribution in [0.15, 0.2) is 35.5 Å². The number of hydrogen-bond acceptors (Lipinski definition) is 3. The molecule has 3 aliphatic rings. The van der Waals surface area contributed by atoms with E-state index in [1.165, 1.54) is 38.5 Å². The van der Waals surface area contributed by atoms with Crippen molar-refractivity contribution in [1.82, 2.24) is 0 Å². The minimum Gasteiger partial charge on any atom is -0.393 e. The normalized spacial score (nSPS) is 35.7. The maximum Gasteiger partial charge on any atom is 0.0811 e. The van der Waals surface area contributed by atoms with Crippen molar-refractivity contribution in [2.24, 2.45) is 23.2 Å². The smallest absolute Gasteiger partial charge is 0.0811 e. The lowest BCUT2D eigenvalue weighted by Crippen LogP contribution is -2.36. The van der Waals surface area contributed by atoms with Gasteiger partial charge in [0.15, 0.2) is 0 Å². The number of aliphatic hydroxyl groups is 3. The van der Waals surface area contributed by atoms with Gasteiger partial charge in [-0.05, 0) is 92.1 Å². The topological polar surface area (TPSA) is 60.7 Å². The van der Waals surface area contributed by atoms with Gasteiger partial charge >= 0.3 is 0 Å². The summed E-state index contributed by atoms with van der Waals surface area (Å²) < 4.78 is 0. The number of hydrogen-bond donors (Lipinski definition) is 3. The molecule has 0 heterocycles. The number of allylic oxidation sites excluding steroid dienone is 3. The van der Waals surface area contributed by atoms with Crippen LogP contribution in [0.2, 0.25) is 0 Å². The van der Waals surface area contributed by atoms with E-state index < -0.39 is 17.8 Å². The van der Waals surface area contributed by atoms with Crippen molar-refractivity contribution in [2.75, 3.05) is 0 Å². The summed E-state index contributed by atoms with van der Waals surface area (Å²) in [7, 11) is 0. The summed E-state index contributed by atoms with van der Waals surface area (Å²) in [5.74, 6) is 2.10. The average molecular weight is 473 g/mol. The molecule has 0 bridgehead atoms. The van der Waals surface area contributed by atoms with E-state index in [1.807, 2.05) is 0 Å². The first-order valence-corrected chi connectivity index (χ1v) is 14.3. The largest absolute Gasteiger partial charge is 0.393 e. The van der Waals surface area contributed by atoms with E-state index >= 15 is 0 Å². The van der Waals surface area contributed by atoms with E-state index in [1.54, 1.807) is 5.57 Å². The summed E-state index contributed by atoms with van der Waals surface area (Å²) >= 11 is 0. The Bertz CT molecular complexity index is 744. The number of fused-ring (bicyclic) bond motifs is 1. The Hall–Kier alpha value is -0.900. The molecule has 6 atom stereocenters. The molecule has 6 unspecified atom stereocenters. The maximum absolute atomic E-state index is 11.0. The van der Waals surface area contributed by atoms with Crippen molar-refractivity contribution in [3.63, 3.8) is 0 Å². The summed E-state index contributed by atoms with van der Waals surface area (Å²) in [6, 6.07) is 0. The molecule has 0 aliphatic heterocycles. The van der Waals surface area contributed by atoms with Crippen molar-refractivity contribution in [1.29, 1.82) is 0 Å². The molecule has 3 heteroatoms. The quantitative estimate of drug-likeness (QED) is 0.313. The first kappa shape index (κ1) is 27.7. The third kappa shape index (κ3) is 6.26. The van der Waals surface area contributed by atoms with Crippen LogP contribution in [0.4, 0.5) is 0 Å². The van der Waals surface area contributed by atoms with Gasteiger partial charge in [-0.1, -0.05) is 77.7 Å². The van der Waals surface area contributed by atoms with Crippen molar-refractivity contribution >= 4 is 0 Å². The van der Waals surface area contributed by atoms with Crippen LogP contribution in [0.3, 0.4) is 0 Å². The fourth-order valence-electron chi connectivity index (χ4n) is 7.94. The van der Waals surface area contributed by atoms with Gasteiger partial charge in [0.25, 0.3) is 0 Å². The summed E-state index contributed by atoms with van der Waals surface area (Å²) in [5, 5.41) is 31.3. The number of rotatable bonds is 10. The molecule has 0 aromatic rings. The van der Waals surface area contributed by atoms with E-state index in [0.717, 1.165) is 55.6 Å². The molecule has 194 valence electrons. The van der Waals surface area contributed by atoms with Crippen LogP contribution in [0.5, 0.6) is 0 Å². The lowest BCUT2D eigenvalue weighted by atomic mass is 9.60. The van der Waals surface area contributed by atoms with Crippen molar-refractivity contribution in [3.8, 4) is 0 Å². The molecule has 3 N–H and O–H groups in total. The molecule has 3 saturated carbocycles. The van der Waals surface area contributed by atoms with Crippen molar-refractivity contribution in [2.45, 2.75) is 135 Å². The van der Waals surface area contributed by atoms with Gasteiger partial charge in [-0.2, -0.15) is 0 Å². The molecule has 0 saturated heterocycles. The highest BCUT2D eigenvalue weighted by Gasteiger charge is 2.50. The number of aliphatic hydroxyl groups excluding tert-OH is 2. The van der Waals surface area contributed by atoms with E-state index in [4.69, 9.17) is 0 Å². The fraction of sp³-hybridized carbons (Fsp3) is 0.806. The lowest BCUT2D eigenvalue weighted by molar-refractivity contribution is 0.00771. The Morgan fingerprint density at radius 1 is 1.12 bits per heavy atom. The highest BCUT2D eigenvalue weighted by atomic mass is 16.3. The zero-order valence-corrected chi connectivity index (χ0v) is 22.5. The van der Waals surface area contributed by atoms with Gasteiger partial charge in [0.05, 0.1) is 17.8 Å². The molecule has 3 nitrogen and oxygen atoms in total. The van der Waals surface area contributed by atoms with Crippen molar-refractivity contribution in [3.05, 3.63) is 35.5 Å². The second kappa shape index (κ2) is 11.9. The summed E-state index contributed by atoms with van der Waals surface area (Å²) in [5.41, 5.74) is 3.28. The minimum absolute atomic E-state index is 0.369. The standard InChI is InChI=1S/C31H52O3/c1-6-16-31(34,17-7-2)19-8-10-22(3)27-14-15-28-24(11-9-18-30(27,28)5)12-13-25-20-26(32)21-29(33)23(25)4/h12-13,22,26-29,32-34H,4,6-11,14-21H2,1-3,5H3/b24-12+,25-13+. The van der Waals surface area contributed by atoms with Gasteiger partial charge in [0.1, 0.15) is 0 Å². The third-order valence-corrected chi connectivity index (χ3v) is 9.72. The third-order valence-electron chi connectivity index (χ3n) is 9.72. The SMILES string of the molecule is C=C1/C(=C/C=C2\CCCC3(C)C2CCC3C(C)CCCC(O)(CCC)CCC)CC(O)CC1O. The van der Waals surface area contributed by atoms with Crippen LogP contribution in [-0.4, -0.2) is 33.1 Å². The Morgan fingerprint density at radius 3 is 2.50 bits per heavy atom. The van der Waals surface area contributed by atoms with Crippen LogP contribution >= 0.6 is 0 Å². The summed E-state index contributed by atoms with van der Waals surface area (Å²) in [6.07, 6.45) is 18.0. The van der Waals surface area contributed by atoms with Gasteiger partial charge in [-0.15, -0.1) is 0 Å². The molecule has 3 fully saturated rings. The molecule has 34 heavy (non-hydrogen) atoms. The molecule has 0 aromatic heterocycles. The molecule has 0 aromatic carbocycles. The van der Waals surface area contributed by atoms with Gasteiger partial charge < -0.3 is 15.3 Å². The monoisotopic (exact) mass is 472 g/mol. The zero-order chi connectivity index (χ0) is 24.9. The molecule has 0 radical (unpaired) electrons. The minimum atomic E-state index is -0.617. The van der Waals surface area contributed by atoms with Gasteiger partial charge in [0.2, 0.25) is 0 Å². The van der Waals surface area contributed by atoms with Gasteiger partial charge in [-0.3, -0.25) is 0 Å². The molecule has 3 rings (SSSR count). The van der Waals surface area contributed by atoms with Crippen LogP contribution < -0.4 is 0 Å². The Morgan fingerprint density at radius 2 is 1.82 bits per heavy atom. The summed E-state index contributed by atoms with van der Waals surface area (Å²) in [4.78, 5) is 0. The predicted molar refractivity (Wildman–Crippen MR) is 143 cm³/mol. The highest BCUT2D eigenvalue weighted by Crippen LogP contribution is 2.60. The second-order valence-corrected chi connectivity index (χ2v) is 12.3. The van der Waals surface area contributed by atoms with E-state index in [9.17, 15) is 15.3 Å². The van der Waals surface area contributed by atoms with E-state index in [-0.39, 0.29) is 0 Å². The molecule has 0 amide bonds. The molecular formula is C31H52O3. The fourth-order valence-corrected chi connectivity index (χ4v) is 7.94. The lowest BCUT2D eigenvalue weighted by Gasteiger charge is -2.44. The Balaban J connectivity index is 1.65. The Labute approximate surface area is 209 Å². The maximum atomic E-state index is 11.0. The Kier molecular flexibility index (Phi) is 9.68. The average Bonchev–Trinajstić information content (AvgIpc) is 3.13. The van der Waals surface area contributed by atoms with E-state index in [0.29, 0.717) is 30.1 Å². The van der Waals surface area contributed by atoms with Crippen LogP contribution in [0.1, 0.15) is 118 Å². The van der Waals surface area contributed by atoms with Crippen LogP contribution in [-0.2, 0) is 0 Å². The van der Waals surface area contributed by atoms with Crippen LogP contribution in [0.25, 0.3) is 0 Å². The van der Waals surface area contributed by atoms with Gasteiger partial charge in [0, 0.05) is 6.42 Å². The summed E-state index contributed by atoms with van der Waals surface area (Å²) in [6.45, 7) is 13.5. The molecule has 3 aliphatic carbocycles. The first-order chi connectivity index (χ1) is 16.1. The highest BCUT2D eigenvalue weighted by molar-refractivity contribution is 5.38. The first-order valence-electron chi connectivity index (χ1n) is 14.3. The van der Waals surface area contributed by atoms with Gasteiger partial charge in [-0.25, -0.2) is 0 Å². The van der Waals surface area contributed by atoms with Crippen LogP contribution in [0, 0.1) is 23.2 Å². The predicted octanol–water partition coefficient (Wildman–Crippen LogP) is 7.27. The van der Waals surface area contributed by atoms with Crippen molar-refractivity contribution < 1.29 is 15.3 Å². The van der Waals surface area contributed by atoms with E-state index in [2.05, 4.69) is 46.4 Å².